The van der Waals surface area contributed by atoms with Gasteiger partial charge in [-0.15, -0.1) is 0 Å². The lowest BCUT2D eigenvalue weighted by atomic mass is 9.79. The van der Waals surface area contributed by atoms with E-state index in [1.54, 1.807) is 0 Å². The van der Waals surface area contributed by atoms with Crippen molar-refractivity contribution in [2.75, 3.05) is 0 Å². The molecule has 3 nitrogen and oxygen atoms in total. The van der Waals surface area contributed by atoms with Gasteiger partial charge in [0.1, 0.15) is 6.04 Å². The molecule has 0 aromatic rings. The molecule has 0 aromatic carbocycles. The summed E-state index contributed by atoms with van der Waals surface area (Å²) < 4.78 is 0. The predicted molar refractivity (Wildman–Crippen MR) is 46.7 cm³/mol. The van der Waals surface area contributed by atoms with Crippen LogP contribution in [-0.4, -0.2) is 17.1 Å². The van der Waals surface area contributed by atoms with E-state index in [9.17, 15) is 4.79 Å². The van der Waals surface area contributed by atoms with E-state index in [0.717, 1.165) is 31.6 Å². The standard InChI is InChI=1S/C9H17NO2/c1-6-2-4-7(5-3-6)8(10)9(11)12/h6-8H,2-5,10H2,1H3,(H,11,12)/t6?,7?,8-/m1/s1. The van der Waals surface area contributed by atoms with E-state index in [1.165, 1.54) is 0 Å². The normalized spacial score (nSPS) is 32.8. The Kier molecular flexibility index (Phi) is 3.09. The molecule has 0 aromatic heterocycles. The molecule has 0 amide bonds. The zero-order chi connectivity index (χ0) is 9.14. The van der Waals surface area contributed by atoms with Gasteiger partial charge in [-0.1, -0.05) is 19.8 Å². The maximum Gasteiger partial charge on any atom is 0.320 e. The Bertz CT molecular complexity index is 162. The van der Waals surface area contributed by atoms with Crippen LogP contribution in [0.1, 0.15) is 32.6 Å². The summed E-state index contributed by atoms with van der Waals surface area (Å²) in [4.78, 5) is 10.6. The van der Waals surface area contributed by atoms with Crippen molar-refractivity contribution in [2.24, 2.45) is 17.6 Å². The molecule has 3 heteroatoms. The fourth-order valence-corrected chi connectivity index (χ4v) is 1.85. The molecule has 0 radical (unpaired) electrons. The van der Waals surface area contributed by atoms with Gasteiger partial charge in [0, 0.05) is 0 Å². The van der Waals surface area contributed by atoms with Crippen molar-refractivity contribution < 1.29 is 9.90 Å². The topological polar surface area (TPSA) is 63.3 Å². The van der Waals surface area contributed by atoms with E-state index in [-0.39, 0.29) is 5.92 Å². The third-order valence-corrected chi connectivity index (χ3v) is 2.85. The van der Waals surface area contributed by atoms with Crippen molar-refractivity contribution in [3.8, 4) is 0 Å². The summed E-state index contributed by atoms with van der Waals surface area (Å²) in [6.45, 7) is 2.21. The molecular weight excluding hydrogens is 154 g/mol. The second-order valence-corrected chi connectivity index (χ2v) is 3.88. The molecule has 12 heavy (non-hydrogen) atoms. The van der Waals surface area contributed by atoms with Crippen LogP contribution in [0.15, 0.2) is 0 Å². The van der Waals surface area contributed by atoms with E-state index >= 15 is 0 Å². The average molecular weight is 171 g/mol. The minimum absolute atomic E-state index is 0.207. The van der Waals surface area contributed by atoms with Crippen LogP contribution >= 0.6 is 0 Å². The Balaban J connectivity index is 2.39. The van der Waals surface area contributed by atoms with Crippen LogP contribution in [0.3, 0.4) is 0 Å². The van der Waals surface area contributed by atoms with Crippen molar-refractivity contribution in [1.29, 1.82) is 0 Å². The third-order valence-electron chi connectivity index (χ3n) is 2.85. The molecule has 3 N–H and O–H groups in total. The van der Waals surface area contributed by atoms with Gasteiger partial charge in [0.2, 0.25) is 0 Å². The zero-order valence-corrected chi connectivity index (χ0v) is 7.49. The van der Waals surface area contributed by atoms with Gasteiger partial charge in [-0.3, -0.25) is 4.79 Å². The van der Waals surface area contributed by atoms with E-state index < -0.39 is 12.0 Å². The number of aliphatic carboxylic acids is 1. The van der Waals surface area contributed by atoms with Gasteiger partial charge in [0.25, 0.3) is 0 Å². The largest absolute Gasteiger partial charge is 0.480 e. The first-order valence-electron chi connectivity index (χ1n) is 4.59. The Morgan fingerprint density at radius 1 is 1.42 bits per heavy atom. The summed E-state index contributed by atoms with van der Waals surface area (Å²) in [5.41, 5.74) is 5.54. The summed E-state index contributed by atoms with van der Waals surface area (Å²) in [5.74, 6) is 0.107. The molecule has 0 aliphatic heterocycles. The number of nitrogens with two attached hydrogens (primary N) is 1. The highest BCUT2D eigenvalue weighted by molar-refractivity contribution is 5.73. The van der Waals surface area contributed by atoms with Gasteiger partial charge in [-0.25, -0.2) is 0 Å². The molecule has 0 unspecified atom stereocenters. The zero-order valence-electron chi connectivity index (χ0n) is 7.49. The van der Waals surface area contributed by atoms with Crippen LogP contribution in [0.5, 0.6) is 0 Å². The van der Waals surface area contributed by atoms with Crippen LogP contribution in [0.4, 0.5) is 0 Å². The predicted octanol–water partition coefficient (Wildman–Crippen LogP) is 1.22. The molecule has 1 atom stereocenters. The van der Waals surface area contributed by atoms with Crippen LogP contribution in [0.25, 0.3) is 0 Å². The van der Waals surface area contributed by atoms with E-state index in [0.29, 0.717) is 0 Å². The van der Waals surface area contributed by atoms with Crippen molar-refractivity contribution in [3.05, 3.63) is 0 Å². The first-order valence-corrected chi connectivity index (χ1v) is 4.59. The number of carboxylic acid groups (broad SMARTS) is 1. The fraction of sp³-hybridized carbons (Fsp3) is 0.889. The SMILES string of the molecule is CC1CCC([C@@H](N)C(=O)O)CC1. The van der Waals surface area contributed by atoms with E-state index in [2.05, 4.69) is 6.92 Å². The minimum Gasteiger partial charge on any atom is -0.480 e. The monoisotopic (exact) mass is 171 g/mol. The van der Waals surface area contributed by atoms with Gasteiger partial charge >= 0.3 is 5.97 Å². The van der Waals surface area contributed by atoms with E-state index in [4.69, 9.17) is 10.8 Å². The maximum atomic E-state index is 10.6. The summed E-state index contributed by atoms with van der Waals surface area (Å²) in [7, 11) is 0. The van der Waals surface area contributed by atoms with Crippen LogP contribution in [0, 0.1) is 11.8 Å². The molecule has 1 saturated carbocycles. The summed E-state index contributed by atoms with van der Waals surface area (Å²) in [5, 5.41) is 8.68. The Hall–Kier alpha value is -0.570. The smallest absolute Gasteiger partial charge is 0.320 e. The number of hydrogen-bond donors (Lipinski definition) is 2. The Morgan fingerprint density at radius 2 is 1.92 bits per heavy atom. The van der Waals surface area contributed by atoms with Crippen molar-refractivity contribution >= 4 is 5.97 Å². The molecule has 1 aliphatic rings. The maximum absolute atomic E-state index is 10.6. The molecule has 1 fully saturated rings. The van der Waals surface area contributed by atoms with Gasteiger partial charge in [-0.05, 0) is 24.7 Å². The van der Waals surface area contributed by atoms with Crippen LogP contribution in [0.2, 0.25) is 0 Å². The fourth-order valence-electron chi connectivity index (χ4n) is 1.85. The molecule has 0 spiro atoms. The molecule has 0 bridgehead atoms. The summed E-state index contributed by atoms with van der Waals surface area (Å²) in [6.07, 6.45) is 4.22. The number of carbonyl (C=O) groups is 1. The molecule has 1 rings (SSSR count). The molecule has 70 valence electrons. The van der Waals surface area contributed by atoms with Gasteiger partial charge in [0.15, 0.2) is 0 Å². The van der Waals surface area contributed by atoms with E-state index in [1.807, 2.05) is 0 Å². The molecule has 0 saturated heterocycles. The first-order chi connectivity index (χ1) is 5.61. The Morgan fingerprint density at radius 3 is 2.33 bits per heavy atom. The molecule has 1 aliphatic carbocycles. The lowest BCUT2D eigenvalue weighted by molar-refractivity contribution is -0.140. The van der Waals surface area contributed by atoms with Gasteiger partial charge < -0.3 is 10.8 Å². The molecular formula is C9H17NO2. The lowest BCUT2D eigenvalue weighted by Gasteiger charge is -2.28. The number of carboxylic acids is 1. The van der Waals surface area contributed by atoms with Gasteiger partial charge in [0.05, 0.1) is 0 Å². The summed E-state index contributed by atoms with van der Waals surface area (Å²) in [6, 6.07) is -0.641. The quantitative estimate of drug-likeness (QED) is 0.656. The van der Waals surface area contributed by atoms with Gasteiger partial charge in [-0.2, -0.15) is 0 Å². The van der Waals surface area contributed by atoms with Crippen LogP contribution in [-0.2, 0) is 4.79 Å². The third kappa shape index (κ3) is 2.21. The molecule has 0 heterocycles. The van der Waals surface area contributed by atoms with Crippen molar-refractivity contribution in [1.82, 2.24) is 0 Å². The number of rotatable bonds is 2. The van der Waals surface area contributed by atoms with Crippen molar-refractivity contribution in [2.45, 2.75) is 38.6 Å². The van der Waals surface area contributed by atoms with Crippen LogP contribution < -0.4 is 5.73 Å². The van der Waals surface area contributed by atoms with Crippen molar-refractivity contribution in [3.63, 3.8) is 0 Å². The first kappa shape index (κ1) is 9.52. The Labute approximate surface area is 72.9 Å². The minimum atomic E-state index is -0.852. The highest BCUT2D eigenvalue weighted by atomic mass is 16.4. The number of hydrogen-bond acceptors (Lipinski definition) is 2. The highest BCUT2D eigenvalue weighted by Gasteiger charge is 2.27. The average Bonchev–Trinajstić information content (AvgIpc) is 2.04. The lowest BCUT2D eigenvalue weighted by Crippen LogP contribution is -2.39. The second-order valence-electron chi connectivity index (χ2n) is 3.88. The second kappa shape index (κ2) is 3.90. The highest BCUT2D eigenvalue weighted by Crippen LogP contribution is 2.29. The summed E-state index contributed by atoms with van der Waals surface area (Å²) >= 11 is 0.